The molecule has 3 aliphatic rings. The van der Waals surface area contributed by atoms with Crippen molar-refractivity contribution >= 4 is 62.6 Å². The number of carbonyl (C=O) groups is 3. The van der Waals surface area contributed by atoms with Crippen LogP contribution >= 0.6 is 11.3 Å². The predicted octanol–water partition coefficient (Wildman–Crippen LogP) is 8.03. The Morgan fingerprint density at radius 1 is 1.00 bits per heavy atom. The molecule has 306 valence electrons. The van der Waals surface area contributed by atoms with Crippen molar-refractivity contribution in [3.8, 4) is 0 Å². The number of allylic oxidation sites excluding steroid dienone is 2. The second-order valence-electron chi connectivity index (χ2n) is 18.2. The number of amides is 2. The number of para-hydroxylation sites is 1. The van der Waals surface area contributed by atoms with E-state index in [-0.39, 0.29) is 33.4 Å². The maximum Gasteiger partial charge on any atom is 0.355 e. The minimum Gasteiger partial charge on any atom is -0.476 e. The molecule has 2 fully saturated rings. The normalized spacial score (nSPS) is 24.0. The Labute approximate surface area is 344 Å². The molecule has 58 heavy (non-hydrogen) atoms. The van der Waals surface area contributed by atoms with Crippen LogP contribution < -0.4 is 15.5 Å². The summed E-state index contributed by atoms with van der Waals surface area (Å²) >= 11 is 1.42. The Morgan fingerprint density at radius 3 is 2.53 bits per heavy atom. The molecule has 2 saturated carbocycles. The van der Waals surface area contributed by atoms with E-state index in [4.69, 9.17) is 10.1 Å². The van der Waals surface area contributed by atoms with E-state index in [1.54, 1.807) is 18.0 Å². The lowest BCUT2D eigenvalue weighted by Crippen LogP contribution is -2.58. The smallest absolute Gasteiger partial charge is 0.355 e. The Balaban J connectivity index is 1.09. The monoisotopic (exact) mass is 805 g/mol. The first-order valence-corrected chi connectivity index (χ1v) is 20.9. The van der Waals surface area contributed by atoms with Gasteiger partial charge in [-0.1, -0.05) is 63.3 Å². The second kappa shape index (κ2) is 15.9. The third-order valence-electron chi connectivity index (χ3n) is 12.1. The molecule has 0 radical (unpaired) electrons. The van der Waals surface area contributed by atoms with Gasteiger partial charge in [0.2, 0.25) is 6.41 Å². The van der Waals surface area contributed by atoms with Crippen LogP contribution in [-0.2, 0) is 22.5 Å². The average molecular weight is 806 g/mol. The van der Waals surface area contributed by atoms with Crippen molar-refractivity contribution in [1.82, 2.24) is 20.2 Å². The van der Waals surface area contributed by atoms with Crippen molar-refractivity contribution in [2.75, 3.05) is 43.5 Å². The highest BCUT2D eigenvalue weighted by Gasteiger charge is 2.57. The summed E-state index contributed by atoms with van der Waals surface area (Å²) < 4.78 is 7.75. The lowest BCUT2D eigenvalue weighted by molar-refractivity contribution is -0.191. The molecule has 0 saturated heterocycles. The number of aromatic nitrogens is 2. The number of ether oxygens (including phenoxy) is 1. The number of likely N-dealkylation sites (N-methyl/N-ethyl adjacent to an activating group) is 1. The van der Waals surface area contributed by atoms with E-state index >= 15 is 0 Å². The highest BCUT2D eigenvalue weighted by molar-refractivity contribution is 7.22. The molecule has 4 aromatic rings. The zero-order valence-electron chi connectivity index (χ0n) is 34.4. The van der Waals surface area contributed by atoms with E-state index in [0.29, 0.717) is 72.6 Å². The molecule has 12 nitrogen and oxygen atoms in total. The minimum absolute atomic E-state index is 0.0706. The van der Waals surface area contributed by atoms with Crippen LogP contribution in [0.2, 0.25) is 0 Å². The van der Waals surface area contributed by atoms with Crippen LogP contribution in [0.1, 0.15) is 104 Å². The Hall–Kier alpha value is -5.14. The van der Waals surface area contributed by atoms with Crippen molar-refractivity contribution in [3.05, 3.63) is 88.2 Å². The first-order chi connectivity index (χ1) is 27.5. The van der Waals surface area contributed by atoms with Gasteiger partial charge in [-0.05, 0) is 103 Å². The molecule has 2 bridgehead atoms. The number of nitrogens with one attached hydrogen (secondary N) is 3. The molecular formula is C45H55N7O5S. The van der Waals surface area contributed by atoms with Crippen LogP contribution in [0.4, 0.5) is 10.9 Å². The Kier molecular flexibility index (Phi) is 11.2. The summed E-state index contributed by atoms with van der Waals surface area (Å²) in [5, 5.41) is 26.0. The van der Waals surface area contributed by atoms with E-state index in [1.165, 1.54) is 17.6 Å². The van der Waals surface area contributed by atoms with Crippen LogP contribution in [0.5, 0.6) is 0 Å². The van der Waals surface area contributed by atoms with Gasteiger partial charge in [0.1, 0.15) is 5.82 Å². The number of carboxylic acid groups (broad SMARTS) is 1. The Bertz CT molecular complexity index is 2250. The molecule has 3 atom stereocenters. The van der Waals surface area contributed by atoms with Gasteiger partial charge in [0.25, 0.3) is 5.91 Å². The van der Waals surface area contributed by atoms with Gasteiger partial charge in [-0.25, -0.2) is 14.8 Å². The van der Waals surface area contributed by atoms with E-state index < -0.39 is 5.97 Å². The van der Waals surface area contributed by atoms with Crippen LogP contribution in [0.3, 0.4) is 0 Å². The van der Waals surface area contributed by atoms with Crippen molar-refractivity contribution in [2.24, 2.45) is 16.2 Å². The van der Waals surface area contributed by atoms with Crippen molar-refractivity contribution < 1.29 is 24.2 Å². The summed E-state index contributed by atoms with van der Waals surface area (Å²) in [5.74, 6) is -0.936. The number of pyridine rings is 1. The van der Waals surface area contributed by atoms with Crippen molar-refractivity contribution in [2.45, 2.75) is 85.3 Å². The molecule has 3 heterocycles. The van der Waals surface area contributed by atoms with Gasteiger partial charge in [0.15, 0.2) is 10.8 Å². The van der Waals surface area contributed by atoms with Gasteiger partial charge in [0, 0.05) is 61.8 Å². The van der Waals surface area contributed by atoms with Crippen LogP contribution in [0.25, 0.3) is 15.8 Å². The number of nitrogens with zero attached hydrogens (tertiary/aromatic N) is 4. The topological polar surface area (TPSA) is 161 Å². The number of fused-ring (bicyclic) bond motifs is 4. The summed E-state index contributed by atoms with van der Waals surface area (Å²) in [6.07, 6.45) is 7.57. The maximum atomic E-state index is 13.6. The molecule has 4 N–H and O–H groups in total. The number of hydrogen-bond donors (Lipinski definition) is 4. The SMILES string of the molecule is C/C(NCC1(C)CC2(C)CC(C)(C)CC(OCCN(C)C=O)(C1)C2)=C(/C=N)c1ccc(N2CCc3cccc(C(=O)Nc4nc5ccccc5s4)c3C2)nc1C(=O)O. The predicted molar refractivity (Wildman–Crippen MR) is 230 cm³/mol. The number of carbonyl (C=O) groups excluding carboxylic acids is 2. The van der Waals surface area contributed by atoms with Gasteiger partial charge in [-0.2, -0.15) is 0 Å². The average Bonchev–Trinajstić information content (AvgIpc) is 3.57. The molecule has 13 heteroatoms. The number of rotatable bonds is 14. The number of benzene rings is 2. The molecule has 2 aromatic heterocycles. The summed E-state index contributed by atoms with van der Waals surface area (Å²) in [6, 6.07) is 17.0. The third-order valence-corrected chi connectivity index (χ3v) is 13.1. The number of carboxylic acids is 1. The third kappa shape index (κ3) is 8.66. The number of aromatic carboxylic acids is 1. The lowest BCUT2D eigenvalue weighted by Gasteiger charge is -2.61. The molecular weight excluding hydrogens is 751 g/mol. The van der Waals surface area contributed by atoms with Gasteiger partial charge >= 0.3 is 5.97 Å². The van der Waals surface area contributed by atoms with Gasteiger partial charge < -0.3 is 30.4 Å². The highest BCUT2D eigenvalue weighted by Crippen LogP contribution is 2.62. The van der Waals surface area contributed by atoms with E-state index in [1.807, 2.05) is 60.4 Å². The summed E-state index contributed by atoms with van der Waals surface area (Å²) in [6.45, 7) is 13.8. The van der Waals surface area contributed by atoms with E-state index in [9.17, 15) is 19.5 Å². The van der Waals surface area contributed by atoms with E-state index in [0.717, 1.165) is 59.9 Å². The van der Waals surface area contributed by atoms with Crippen LogP contribution in [0, 0.1) is 21.7 Å². The van der Waals surface area contributed by atoms with Gasteiger partial charge in [-0.3, -0.25) is 14.9 Å². The summed E-state index contributed by atoms with van der Waals surface area (Å²) in [7, 11) is 1.77. The van der Waals surface area contributed by atoms with Gasteiger partial charge in [-0.15, -0.1) is 0 Å². The van der Waals surface area contributed by atoms with Crippen LogP contribution in [0.15, 0.2) is 60.3 Å². The standard InChI is InChI=1S/C45H55N7O5S/c1-29(47-27-44(5)24-43(4)22-42(2,3)23-45(25-43,26-44)57-19-18-51(6)28-53)33(20-46)31-14-15-37(49-38(31)40(55)56)52-17-16-30-10-9-11-32(34(30)21-52)39(54)50-41-48-35-12-7-8-13-36(35)58-41/h7-15,20,28,46-47H,16-19,21-27H2,1-6H3,(H,55,56)(H,48,50,54)/b33-29+,46-20?. The Morgan fingerprint density at radius 2 is 1.79 bits per heavy atom. The fraction of sp³-hybridized carbons (Fsp3) is 0.467. The van der Waals surface area contributed by atoms with Crippen molar-refractivity contribution in [1.29, 1.82) is 5.41 Å². The van der Waals surface area contributed by atoms with Crippen molar-refractivity contribution in [3.63, 3.8) is 0 Å². The maximum absolute atomic E-state index is 13.6. The molecule has 2 aliphatic carbocycles. The molecule has 2 aromatic carbocycles. The number of anilines is 2. The molecule has 7 rings (SSSR count). The quantitative estimate of drug-likeness (QED) is 0.0731. The zero-order chi connectivity index (χ0) is 41.5. The van der Waals surface area contributed by atoms with Crippen LogP contribution in [-0.4, -0.2) is 83.4 Å². The second-order valence-corrected chi connectivity index (χ2v) is 19.3. The molecule has 2 amide bonds. The molecule has 3 unspecified atom stereocenters. The van der Waals surface area contributed by atoms with E-state index in [2.05, 4.69) is 48.3 Å². The molecule has 1 aliphatic heterocycles. The first kappa shape index (κ1) is 41.0. The summed E-state index contributed by atoms with van der Waals surface area (Å²) in [4.78, 5) is 50.6. The number of hydrogen-bond acceptors (Lipinski definition) is 10. The fourth-order valence-corrected chi connectivity index (χ4v) is 11.6. The number of thiazole rings is 1. The molecule has 0 spiro atoms. The lowest BCUT2D eigenvalue weighted by atomic mass is 9.48. The largest absolute Gasteiger partial charge is 0.476 e. The first-order valence-electron chi connectivity index (χ1n) is 20.0. The summed E-state index contributed by atoms with van der Waals surface area (Å²) in [5.41, 5.74) is 4.44. The minimum atomic E-state index is -1.18. The highest BCUT2D eigenvalue weighted by atomic mass is 32.1. The fourth-order valence-electron chi connectivity index (χ4n) is 10.8. The van der Waals surface area contributed by atoms with Gasteiger partial charge in [0.05, 0.1) is 22.4 Å². The zero-order valence-corrected chi connectivity index (χ0v) is 35.2.